The minimum absolute atomic E-state index is 0.0149. The van der Waals surface area contributed by atoms with Gasteiger partial charge in [-0.1, -0.05) is 6.92 Å². The van der Waals surface area contributed by atoms with Crippen molar-refractivity contribution in [2.45, 2.75) is 57.7 Å². The molecule has 2 aromatic carbocycles. The van der Waals surface area contributed by atoms with Crippen LogP contribution < -0.4 is 16.2 Å². The maximum absolute atomic E-state index is 14.0. The number of hydrogen-bond donors (Lipinski definition) is 3. The van der Waals surface area contributed by atoms with Crippen molar-refractivity contribution >= 4 is 22.5 Å². The Balaban J connectivity index is 1.60. The molecule has 39 heavy (non-hydrogen) atoms. The monoisotopic (exact) mass is 555 g/mol. The smallest absolute Gasteiger partial charge is 0.378 e. The van der Waals surface area contributed by atoms with Gasteiger partial charge in [-0.05, 0) is 62.2 Å². The highest BCUT2D eigenvalue weighted by Gasteiger charge is 2.44. The molecule has 4 rings (SSSR count). The Kier molecular flexibility index (Phi) is 7.66. The van der Waals surface area contributed by atoms with E-state index in [0.29, 0.717) is 5.69 Å². The zero-order valence-electron chi connectivity index (χ0n) is 21.3. The lowest BCUT2D eigenvalue weighted by Gasteiger charge is -2.39. The van der Waals surface area contributed by atoms with Gasteiger partial charge >= 0.3 is 12.4 Å². The van der Waals surface area contributed by atoms with Crippen molar-refractivity contribution in [1.82, 2.24) is 20.2 Å². The number of aryl methyl sites for hydroxylation is 1. The maximum atomic E-state index is 14.0. The molecule has 0 bridgehead atoms. The van der Waals surface area contributed by atoms with Crippen LogP contribution in [0.15, 0.2) is 41.2 Å². The first kappa shape index (κ1) is 28.4. The lowest BCUT2D eigenvalue weighted by molar-refractivity contribution is -0.164. The molecule has 2 heterocycles. The molecule has 1 fully saturated rings. The number of carbonyl (C=O) groups is 1. The zero-order valence-corrected chi connectivity index (χ0v) is 21.3. The van der Waals surface area contributed by atoms with Crippen molar-refractivity contribution in [3.05, 3.63) is 69.3 Å². The van der Waals surface area contributed by atoms with Gasteiger partial charge < -0.3 is 20.5 Å². The fraction of sp³-hybridized carbons (Fsp3) is 0.423. The topological polar surface area (TPSA) is 90.1 Å². The number of H-pyrrole nitrogens is 1. The predicted octanol–water partition coefficient (Wildman–Crippen LogP) is 5.18. The highest BCUT2D eigenvalue weighted by molar-refractivity contribution is 5.95. The second-order valence-electron chi connectivity index (χ2n) is 9.60. The summed E-state index contributed by atoms with van der Waals surface area (Å²) in [4.78, 5) is 33.1. The number of carbonyl (C=O) groups excluding carboxylic acids is 1. The van der Waals surface area contributed by atoms with Crippen molar-refractivity contribution < 1.29 is 31.1 Å². The number of hydrogen-bond acceptors (Lipinski definition) is 5. The Morgan fingerprint density at radius 1 is 1.15 bits per heavy atom. The SMILES string of the molecule is CC[C@H](Nc1ccc(C(=O)N2CC(C(F)(F)F)NCC2C)cc1)c1cc2c(=O)[nH]c(C)nc2cc1C(F)(F)F. The number of piperazine rings is 1. The number of aromatic amines is 1. The number of nitrogens with one attached hydrogen (secondary N) is 3. The van der Waals surface area contributed by atoms with E-state index >= 15 is 0 Å². The van der Waals surface area contributed by atoms with Gasteiger partial charge in [0.2, 0.25) is 0 Å². The number of anilines is 1. The quantitative estimate of drug-likeness (QED) is 0.378. The highest BCUT2D eigenvalue weighted by atomic mass is 19.4. The van der Waals surface area contributed by atoms with E-state index in [1.54, 1.807) is 13.8 Å². The molecular formula is C26H27F6N5O2. The summed E-state index contributed by atoms with van der Waals surface area (Å²) in [5.74, 6) is -0.384. The van der Waals surface area contributed by atoms with E-state index in [4.69, 9.17) is 0 Å². The molecule has 1 amide bonds. The van der Waals surface area contributed by atoms with E-state index in [1.165, 1.54) is 37.3 Å². The van der Waals surface area contributed by atoms with Crippen LogP contribution in [0.25, 0.3) is 10.9 Å². The summed E-state index contributed by atoms with van der Waals surface area (Å²) in [6.07, 6.45) is -8.98. The van der Waals surface area contributed by atoms with Crippen LogP contribution in [0, 0.1) is 6.92 Å². The van der Waals surface area contributed by atoms with Gasteiger partial charge in [0, 0.05) is 30.4 Å². The summed E-state index contributed by atoms with van der Waals surface area (Å²) in [6.45, 7) is 4.25. The van der Waals surface area contributed by atoms with Crippen LogP contribution >= 0.6 is 0 Å². The molecule has 1 aliphatic heterocycles. The first-order valence-electron chi connectivity index (χ1n) is 12.3. The number of amides is 1. The van der Waals surface area contributed by atoms with Crippen molar-refractivity contribution in [3.63, 3.8) is 0 Å². The van der Waals surface area contributed by atoms with Crippen molar-refractivity contribution in [3.8, 4) is 0 Å². The van der Waals surface area contributed by atoms with E-state index in [-0.39, 0.29) is 40.8 Å². The Hall–Kier alpha value is -3.61. The second kappa shape index (κ2) is 10.5. The molecular weight excluding hydrogens is 528 g/mol. The van der Waals surface area contributed by atoms with Gasteiger partial charge in [-0.3, -0.25) is 9.59 Å². The Labute approximate surface area is 219 Å². The molecule has 0 aliphatic carbocycles. The Morgan fingerprint density at radius 3 is 2.41 bits per heavy atom. The van der Waals surface area contributed by atoms with E-state index in [0.717, 1.165) is 11.0 Å². The van der Waals surface area contributed by atoms with Crippen molar-refractivity contribution in [2.24, 2.45) is 0 Å². The standard InChI is InChI=1S/C26H27F6N5O2/c1-4-20(17-9-18-21(10-19(17)25(27,28)29)34-14(3)35-23(18)38)36-16-7-5-15(6-8-16)24(39)37-12-22(26(30,31)32)33-11-13(37)2/h5-10,13,20,22,33,36H,4,11-12H2,1-3H3,(H,34,35,38)/t13?,20-,22?/m0/s1. The average molecular weight is 556 g/mol. The van der Waals surface area contributed by atoms with Crippen molar-refractivity contribution in [1.29, 1.82) is 0 Å². The molecule has 0 spiro atoms. The van der Waals surface area contributed by atoms with Crippen LogP contribution in [-0.2, 0) is 6.18 Å². The molecule has 1 aliphatic rings. The molecule has 0 saturated carbocycles. The van der Waals surface area contributed by atoms with E-state index in [1.807, 2.05) is 0 Å². The summed E-state index contributed by atoms with van der Waals surface area (Å²) in [5.41, 5.74) is -1.14. The second-order valence-corrected chi connectivity index (χ2v) is 9.60. The molecule has 0 radical (unpaired) electrons. The van der Waals surface area contributed by atoms with Crippen LogP contribution in [0.1, 0.15) is 53.6 Å². The van der Waals surface area contributed by atoms with Gasteiger partial charge in [0.15, 0.2) is 0 Å². The molecule has 3 N–H and O–H groups in total. The van der Waals surface area contributed by atoms with Crippen molar-refractivity contribution in [2.75, 3.05) is 18.4 Å². The number of halogens is 6. The third-order valence-corrected chi connectivity index (χ3v) is 6.78. The molecule has 7 nitrogen and oxygen atoms in total. The number of rotatable bonds is 5. The summed E-state index contributed by atoms with van der Waals surface area (Å²) in [6, 6.07) is 4.69. The fourth-order valence-corrected chi connectivity index (χ4v) is 4.70. The minimum atomic E-state index is -4.71. The number of aromatic nitrogens is 2. The summed E-state index contributed by atoms with van der Waals surface area (Å²) in [7, 11) is 0. The molecule has 1 saturated heterocycles. The largest absolute Gasteiger partial charge is 0.416 e. The lowest BCUT2D eigenvalue weighted by atomic mass is 9.95. The molecule has 1 aromatic heterocycles. The predicted molar refractivity (Wildman–Crippen MR) is 134 cm³/mol. The molecule has 3 atom stereocenters. The third kappa shape index (κ3) is 6.02. The number of fused-ring (bicyclic) bond motifs is 1. The molecule has 210 valence electrons. The summed E-state index contributed by atoms with van der Waals surface area (Å²) >= 11 is 0. The van der Waals surface area contributed by atoms with Crippen LogP contribution in [0.4, 0.5) is 32.0 Å². The van der Waals surface area contributed by atoms with E-state index < -0.39 is 54.1 Å². The Bertz CT molecular complexity index is 1420. The van der Waals surface area contributed by atoms with Gasteiger partial charge in [-0.15, -0.1) is 0 Å². The first-order chi connectivity index (χ1) is 18.2. The van der Waals surface area contributed by atoms with Crippen LogP contribution in [0.5, 0.6) is 0 Å². The molecule has 3 aromatic rings. The summed E-state index contributed by atoms with van der Waals surface area (Å²) in [5, 5.41) is 5.43. The minimum Gasteiger partial charge on any atom is -0.378 e. The summed E-state index contributed by atoms with van der Waals surface area (Å²) < 4.78 is 81.6. The third-order valence-electron chi connectivity index (χ3n) is 6.78. The molecule has 2 unspecified atom stereocenters. The van der Waals surface area contributed by atoms with Crippen LogP contribution in [0.3, 0.4) is 0 Å². The normalized spacial score (nSPS) is 19.3. The van der Waals surface area contributed by atoms with Gasteiger partial charge in [0.05, 0.1) is 22.5 Å². The zero-order chi connectivity index (χ0) is 28.7. The maximum Gasteiger partial charge on any atom is 0.416 e. The van der Waals surface area contributed by atoms with E-state index in [9.17, 15) is 35.9 Å². The van der Waals surface area contributed by atoms with Gasteiger partial charge in [0.25, 0.3) is 11.5 Å². The van der Waals surface area contributed by atoms with Gasteiger partial charge in [-0.25, -0.2) is 4.98 Å². The highest BCUT2D eigenvalue weighted by Crippen LogP contribution is 2.38. The lowest BCUT2D eigenvalue weighted by Crippen LogP contribution is -2.61. The van der Waals surface area contributed by atoms with Gasteiger partial charge in [-0.2, -0.15) is 26.3 Å². The Morgan fingerprint density at radius 2 is 1.82 bits per heavy atom. The average Bonchev–Trinajstić information content (AvgIpc) is 2.85. The van der Waals surface area contributed by atoms with Crippen LogP contribution in [0.2, 0.25) is 0 Å². The molecule has 13 heteroatoms. The van der Waals surface area contributed by atoms with Gasteiger partial charge in [0.1, 0.15) is 11.9 Å². The fourth-order valence-electron chi connectivity index (χ4n) is 4.70. The number of nitrogens with zero attached hydrogens (tertiary/aromatic N) is 2. The first-order valence-corrected chi connectivity index (χ1v) is 12.3. The number of alkyl halides is 6. The van der Waals surface area contributed by atoms with Crippen LogP contribution in [-0.4, -0.2) is 52.1 Å². The van der Waals surface area contributed by atoms with E-state index in [2.05, 4.69) is 20.6 Å². The number of benzene rings is 2.